The van der Waals surface area contributed by atoms with E-state index in [2.05, 4.69) is 15.0 Å². The van der Waals surface area contributed by atoms with Crippen LogP contribution in [0.25, 0.3) is 16.6 Å². The second-order valence-electron chi connectivity index (χ2n) is 5.83. The van der Waals surface area contributed by atoms with Crippen molar-refractivity contribution in [1.29, 1.82) is 0 Å². The van der Waals surface area contributed by atoms with Crippen LogP contribution in [0, 0.1) is 10.1 Å². The van der Waals surface area contributed by atoms with Crippen LogP contribution in [-0.2, 0) is 6.54 Å². The molecule has 0 saturated carbocycles. The van der Waals surface area contributed by atoms with Crippen LogP contribution in [0.3, 0.4) is 0 Å². The number of imidazole rings is 1. The number of nitrogens with one attached hydrogen (secondary N) is 1. The third-order valence-corrected chi connectivity index (χ3v) is 4.07. The van der Waals surface area contributed by atoms with E-state index < -0.39 is 4.92 Å². The zero-order valence-electron chi connectivity index (χ0n) is 13.8. The van der Waals surface area contributed by atoms with Gasteiger partial charge in [0.1, 0.15) is 5.82 Å². The summed E-state index contributed by atoms with van der Waals surface area (Å²) in [6.45, 7) is 0.171. The van der Waals surface area contributed by atoms with E-state index >= 15 is 0 Å². The molecular formula is C17H14N6O3. The summed E-state index contributed by atoms with van der Waals surface area (Å²) >= 11 is 0. The maximum atomic E-state index is 12.2. The lowest BCUT2D eigenvalue weighted by atomic mass is 10.2. The molecular weight excluding hydrogens is 336 g/mol. The largest absolute Gasteiger partial charge is 0.372 e. The Bertz CT molecular complexity index is 1200. The number of hydrogen-bond donors (Lipinski definition) is 1. The molecule has 0 amide bonds. The Hall–Kier alpha value is -3.75. The van der Waals surface area contributed by atoms with E-state index in [0.29, 0.717) is 22.4 Å². The SMILES string of the molecule is CN(Cc1nc2ccccc2c(=O)[nH]1)c1nc2ccccn2c1[N+](=O)[O-]. The Morgan fingerprint density at radius 1 is 1.19 bits per heavy atom. The number of para-hydroxylation sites is 1. The van der Waals surface area contributed by atoms with Gasteiger partial charge in [0.15, 0.2) is 0 Å². The molecule has 9 heteroatoms. The van der Waals surface area contributed by atoms with Gasteiger partial charge in [-0.1, -0.05) is 18.2 Å². The van der Waals surface area contributed by atoms with E-state index in [1.54, 1.807) is 60.6 Å². The highest BCUT2D eigenvalue weighted by atomic mass is 16.6. The molecule has 0 unspecified atom stereocenters. The molecule has 1 aromatic carbocycles. The number of nitrogens with zero attached hydrogens (tertiary/aromatic N) is 5. The fourth-order valence-corrected chi connectivity index (χ4v) is 2.91. The van der Waals surface area contributed by atoms with Crippen LogP contribution in [0.4, 0.5) is 11.6 Å². The van der Waals surface area contributed by atoms with E-state index in [9.17, 15) is 14.9 Å². The van der Waals surface area contributed by atoms with E-state index in [-0.39, 0.29) is 23.7 Å². The van der Waals surface area contributed by atoms with Crippen LogP contribution >= 0.6 is 0 Å². The van der Waals surface area contributed by atoms with Crippen molar-refractivity contribution in [3.05, 3.63) is 75.0 Å². The molecule has 4 aromatic rings. The Balaban J connectivity index is 1.76. The molecule has 4 rings (SSSR count). The van der Waals surface area contributed by atoms with E-state index in [1.807, 2.05) is 0 Å². The van der Waals surface area contributed by atoms with Gasteiger partial charge in [-0.15, -0.1) is 0 Å². The van der Waals surface area contributed by atoms with Crippen LogP contribution < -0.4 is 10.5 Å². The quantitative estimate of drug-likeness (QED) is 0.446. The lowest BCUT2D eigenvalue weighted by Gasteiger charge is -2.15. The predicted molar refractivity (Wildman–Crippen MR) is 96.3 cm³/mol. The molecule has 0 atom stereocenters. The van der Waals surface area contributed by atoms with Crippen molar-refractivity contribution in [2.24, 2.45) is 0 Å². The molecule has 0 aliphatic heterocycles. The Morgan fingerprint density at radius 2 is 1.96 bits per heavy atom. The number of fused-ring (bicyclic) bond motifs is 2. The molecule has 0 spiro atoms. The molecule has 0 fully saturated rings. The smallest absolute Gasteiger partial charge is 0.358 e. The maximum absolute atomic E-state index is 12.2. The molecule has 1 N–H and O–H groups in total. The minimum atomic E-state index is -0.470. The van der Waals surface area contributed by atoms with Crippen molar-refractivity contribution < 1.29 is 4.92 Å². The summed E-state index contributed by atoms with van der Waals surface area (Å²) in [7, 11) is 1.67. The van der Waals surface area contributed by atoms with Gasteiger partial charge in [-0.05, 0) is 23.1 Å². The highest BCUT2D eigenvalue weighted by Gasteiger charge is 2.25. The minimum absolute atomic E-state index is 0.133. The zero-order valence-corrected chi connectivity index (χ0v) is 13.8. The standard InChI is InChI=1S/C17H14N6O3/c1-21(10-13-18-12-7-3-2-6-11(12)16(24)19-13)15-17(23(25)26)22-9-5-4-8-14(22)20-15/h2-9H,10H2,1H3,(H,18,19,24). The molecule has 9 nitrogen and oxygen atoms in total. The number of rotatable bonds is 4. The van der Waals surface area contributed by atoms with Crippen molar-refractivity contribution in [1.82, 2.24) is 19.4 Å². The number of H-pyrrole nitrogens is 1. The first-order valence-corrected chi connectivity index (χ1v) is 7.85. The molecule has 0 bridgehead atoms. The van der Waals surface area contributed by atoms with Gasteiger partial charge in [-0.3, -0.25) is 4.79 Å². The monoisotopic (exact) mass is 350 g/mol. The highest BCUT2D eigenvalue weighted by Crippen LogP contribution is 2.28. The van der Waals surface area contributed by atoms with Crippen molar-refractivity contribution in [2.75, 3.05) is 11.9 Å². The minimum Gasteiger partial charge on any atom is -0.358 e. The average molecular weight is 350 g/mol. The van der Waals surface area contributed by atoms with Crippen molar-refractivity contribution in [3.8, 4) is 0 Å². The van der Waals surface area contributed by atoms with Gasteiger partial charge in [-0.25, -0.2) is 4.98 Å². The van der Waals surface area contributed by atoms with E-state index in [0.717, 1.165) is 0 Å². The summed E-state index contributed by atoms with van der Waals surface area (Å²) in [4.78, 5) is 36.3. The van der Waals surface area contributed by atoms with Crippen molar-refractivity contribution in [2.45, 2.75) is 6.54 Å². The summed E-state index contributed by atoms with van der Waals surface area (Å²) in [5.41, 5.74) is 0.800. The first-order chi connectivity index (χ1) is 12.5. The molecule has 130 valence electrons. The van der Waals surface area contributed by atoms with Crippen LogP contribution in [0.15, 0.2) is 53.5 Å². The molecule has 3 aromatic heterocycles. The first kappa shape index (κ1) is 15.8. The Kier molecular flexibility index (Phi) is 3.61. The Labute approximate surface area is 146 Å². The number of hydrogen-bond acceptors (Lipinski definition) is 6. The zero-order chi connectivity index (χ0) is 18.3. The normalized spacial score (nSPS) is 11.1. The fraction of sp³-hybridized carbons (Fsp3) is 0.118. The van der Waals surface area contributed by atoms with Gasteiger partial charge < -0.3 is 20.0 Å². The molecule has 0 aliphatic rings. The van der Waals surface area contributed by atoms with E-state index in [1.165, 1.54) is 4.40 Å². The number of pyridine rings is 1. The summed E-state index contributed by atoms with van der Waals surface area (Å²) in [6, 6.07) is 12.2. The van der Waals surface area contributed by atoms with Gasteiger partial charge >= 0.3 is 5.82 Å². The summed E-state index contributed by atoms with van der Waals surface area (Å²) < 4.78 is 1.42. The second-order valence-corrected chi connectivity index (χ2v) is 5.83. The summed E-state index contributed by atoms with van der Waals surface area (Å²) in [5.74, 6) is 0.478. The fourth-order valence-electron chi connectivity index (χ4n) is 2.91. The van der Waals surface area contributed by atoms with Gasteiger partial charge in [-0.2, -0.15) is 9.38 Å². The van der Waals surface area contributed by atoms with Gasteiger partial charge in [0.05, 0.1) is 23.6 Å². The highest BCUT2D eigenvalue weighted by molar-refractivity contribution is 5.77. The van der Waals surface area contributed by atoms with Crippen LogP contribution in [0.2, 0.25) is 0 Å². The maximum Gasteiger partial charge on any atom is 0.372 e. The topological polar surface area (TPSA) is 109 Å². The van der Waals surface area contributed by atoms with Crippen molar-refractivity contribution >= 4 is 28.2 Å². The predicted octanol–water partition coefficient (Wildman–Crippen LogP) is 2.12. The number of aromatic nitrogens is 4. The lowest BCUT2D eigenvalue weighted by molar-refractivity contribution is -0.389. The molecule has 0 saturated heterocycles. The van der Waals surface area contributed by atoms with E-state index in [4.69, 9.17) is 0 Å². The van der Waals surface area contributed by atoms with Crippen LogP contribution in [-0.4, -0.2) is 31.3 Å². The molecule has 3 heterocycles. The van der Waals surface area contributed by atoms with Crippen LogP contribution in [0.1, 0.15) is 5.82 Å². The van der Waals surface area contributed by atoms with Crippen LogP contribution in [0.5, 0.6) is 0 Å². The molecule has 26 heavy (non-hydrogen) atoms. The molecule has 0 aliphatic carbocycles. The summed E-state index contributed by atoms with van der Waals surface area (Å²) in [6.07, 6.45) is 1.59. The molecule has 0 radical (unpaired) electrons. The second kappa shape index (κ2) is 5.96. The van der Waals surface area contributed by atoms with Gasteiger partial charge in [0.2, 0.25) is 11.5 Å². The third kappa shape index (κ3) is 2.55. The lowest BCUT2D eigenvalue weighted by Crippen LogP contribution is -2.22. The number of benzene rings is 1. The Morgan fingerprint density at radius 3 is 2.77 bits per heavy atom. The number of nitro groups is 1. The first-order valence-electron chi connectivity index (χ1n) is 7.85. The number of aromatic amines is 1. The average Bonchev–Trinajstić information content (AvgIpc) is 3.01. The number of anilines is 1. The third-order valence-electron chi connectivity index (χ3n) is 4.07. The van der Waals surface area contributed by atoms with Gasteiger partial charge in [0.25, 0.3) is 5.56 Å². The van der Waals surface area contributed by atoms with Crippen molar-refractivity contribution in [3.63, 3.8) is 0 Å². The summed E-state index contributed by atoms with van der Waals surface area (Å²) in [5, 5.41) is 12.0. The van der Waals surface area contributed by atoms with Gasteiger partial charge in [0, 0.05) is 13.1 Å².